The number of carbonyl (C=O) groups excluding carboxylic acids is 1. The number of carbonyl (C=O) groups is 1. The monoisotopic (exact) mass is 307 g/mol. The highest BCUT2D eigenvalue weighted by Crippen LogP contribution is 2.25. The summed E-state index contributed by atoms with van der Waals surface area (Å²) >= 11 is 1.49. The Morgan fingerprint density at radius 3 is 2.20 bits per heavy atom. The molecule has 0 saturated carbocycles. The molecule has 1 rings (SSSR count). The van der Waals surface area contributed by atoms with Crippen LogP contribution in [0.3, 0.4) is 0 Å². The second kappa shape index (κ2) is 6.39. The molecule has 20 heavy (non-hydrogen) atoms. The van der Waals surface area contributed by atoms with Crippen LogP contribution in [-0.4, -0.2) is 22.8 Å². The Bertz CT molecular complexity index is 452. The van der Waals surface area contributed by atoms with E-state index >= 15 is 0 Å². The summed E-state index contributed by atoms with van der Waals surface area (Å²) in [5.41, 5.74) is 0.430. The lowest BCUT2D eigenvalue weighted by Crippen LogP contribution is -2.19. The van der Waals surface area contributed by atoms with Crippen molar-refractivity contribution in [1.29, 1.82) is 0 Å². The lowest BCUT2D eigenvalue weighted by molar-refractivity contribution is -0.274. The first-order valence-electron chi connectivity index (χ1n) is 5.85. The van der Waals surface area contributed by atoms with E-state index in [2.05, 4.69) is 10.1 Å². The third kappa shape index (κ3) is 7.28. The highest BCUT2D eigenvalue weighted by Gasteiger charge is 2.30. The minimum atomic E-state index is -4.71. The van der Waals surface area contributed by atoms with E-state index in [0.29, 0.717) is 5.69 Å². The molecule has 7 heteroatoms. The molecular weight excluding hydrogens is 291 g/mol. The fourth-order valence-electron chi connectivity index (χ4n) is 1.22. The molecule has 0 aromatic heterocycles. The maximum Gasteiger partial charge on any atom is 0.573 e. The number of benzene rings is 1. The first-order valence-corrected chi connectivity index (χ1v) is 6.83. The SMILES string of the molecule is CC(C)(C)SCC(=O)Nc1ccc(OC(F)(F)F)cc1. The fourth-order valence-corrected chi connectivity index (χ4v) is 1.86. The Kier molecular flexibility index (Phi) is 5.33. The number of amides is 1. The van der Waals surface area contributed by atoms with Crippen molar-refractivity contribution < 1.29 is 22.7 Å². The van der Waals surface area contributed by atoms with Crippen LogP contribution in [0, 0.1) is 0 Å². The van der Waals surface area contributed by atoms with E-state index in [4.69, 9.17) is 0 Å². The zero-order chi connectivity index (χ0) is 15.4. The zero-order valence-corrected chi connectivity index (χ0v) is 12.2. The standard InChI is InChI=1S/C13H16F3NO2S/c1-12(2,3)20-8-11(18)17-9-4-6-10(7-5-9)19-13(14,15)16/h4-7H,8H2,1-3H3,(H,17,18). The van der Waals surface area contributed by atoms with E-state index in [1.165, 1.54) is 23.9 Å². The predicted molar refractivity (Wildman–Crippen MR) is 74.0 cm³/mol. The van der Waals surface area contributed by atoms with E-state index in [-0.39, 0.29) is 22.2 Å². The summed E-state index contributed by atoms with van der Waals surface area (Å²) in [6.07, 6.45) is -4.71. The number of halogens is 3. The van der Waals surface area contributed by atoms with Crippen LogP contribution in [-0.2, 0) is 4.79 Å². The van der Waals surface area contributed by atoms with Gasteiger partial charge >= 0.3 is 6.36 Å². The van der Waals surface area contributed by atoms with Gasteiger partial charge in [0.05, 0.1) is 5.75 Å². The Hall–Kier alpha value is -1.37. The van der Waals surface area contributed by atoms with E-state index < -0.39 is 6.36 Å². The molecule has 0 bridgehead atoms. The number of alkyl halides is 3. The molecule has 0 saturated heterocycles. The number of nitrogens with one attached hydrogen (secondary N) is 1. The van der Waals surface area contributed by atoms with Crippen LogP contribution < -0.4 is 10.1 Å². The molecule has 1 aromatic rings. The average Bonchev–Trinajstić information content (AvgIpc) is 2.26. The topological polar surface area (TPSA) is 38.3 Å². The second-order valence-corrected chi connectivity index (χ2v) is 6.82. The fraction of sp³-hybridized carbons (Fsp3) is 0.462. The van der Waals surface area contributed by atoms with Crippen LogP contribution in [0.2, 0.25) is 0 Å². The van der Waals surface area contributed by atoms with Gasteiger partial charge in [0.2, 0.25) is 5.91 Å². The number of hydrogen-bond donors (Lipinski definition) is 1. The minimum absolute atomic E-state index is 0.0260. The first kappa shape index (κ1) is 16.7. The zero-order valence-electron chi connectivity index (χ0n) is 11.4. The van der Waals surface area contributed by atoms with Crippen molar-refractivity contribution in [3.63, 3.8) is 0 Å². The van der Waals surface area contributed by atoms with E-state index in [1.54, 1.807) is 0 Å². The molecule has 0 aliphatic rings. The maximum atomic E-state index is 12.0. The van der Waals surface area contributed by atoms with Gasteiger partial charge < -0.3 is 10.1 Å². The largest absolute Gasteiger partial charge is 0.573 e. The third-order valence-electron chi connectivity index (χ3n) is 2.01. The Balaban J connectivity index is 2.51. The quantitative estimate of drug-likeness (QED) is 0.912. The molecule has 0 spiro atoms. The molecule has 0 aliphatic heterocycles. The molecule has 0 heterocycles. The lowest BCUT2D eigenvalue weighted by Gasteiger charge is -2.17. The molecule has 0 unspecified atom stereocenters. The van der Waals surface area contributed by atoms with E-state index in [1.807, 2.05) is 20.8 Å². The molecule has 1 amide bonds. The van der Waals surface area contributed by atoms with Crippen molar-refractivity contribution in [2.75, 3.05) is 11.1 Å². The van der Waals surface area contributed by atoms with Crippen LogP contribution in [0.25, 0.3) is 0 Å². The molecule has 0 atom stereocenters. The van der Waals surface area contributed by atoms with Gasteiger partial charge in [-0.2, -0.15) is 0 Å². The van der Waals surface area contributed by atoms with Crippen molar-refractivity contribution in [3.05, 3.63) is 24.3 Å². The van der Waals surface area contributed by atoms with Gasteiger partial charge in [0.25, 0.3) is 0 Å². The van der Waals surface area contributed by atoms with Crippen molar-refractivity contribution in [2.45, 2.75) is 31.9 Å². The van der Waals surface area contributed by atoms with Crippen molar-refractivity contribution in [1.82, 2.24) is 0 Å². The number of rotatable bonds is 4. The van der Waals surface area contributed by atoms with Crippen LogP contribution in [0.1, 0.15) is 20.8 Å². The van der Waals surface area contributed by atoms with Gasteiger partial charge in [-0.1, -0.05) is 20.8 Å². The van der Waals surface area contributed by atoms with Crippen molar-refractivity contribution in [2.24, 2.45) is 0 Å². The maximum absolute atomic E-state index is 12.0. The normalized spacial score (nSPS) is 12.1. The van der Waals surface area contributed by atoms with Gasteiger partial charge in [0.15, 0.2) is 0 Å². The third-order valence-corrected chi connectivity index (χ3v) is 3.28. The van der Waals surface area contributed by atoms with Gasteiger partial charge in [-0.3, -0.25) is 4.79 Å². The lowest BCUT2D eigenvalue weighted by atomic mass is 10.3. The molecule has 1 aromatic carbocycles. The van der Waals surface area contributed by atoms with Crippen molar-refractivity contribution >= 4 is 23.4 Å². The van der Waals surface area contributed by atoms with Gasteiger partial charge in [-0.05, 0) is 24.3 Å². The summed E-state index contributed by atoms with van der Waals surface area (Å²) < 4.78 is 39.6. The molecule has 0 aliphatic carbocycles. The number of ether oxygens (including phenoxy) is 1. The average molecular weight is 307 g/mol. The first-order chi connectivity index (χ1) is 9.05. The van der Waals surface area contributed by atoms with Gasteiger partial charge in [-0.25, -0.2) is 0 Å². The van der Waals surface area contributed by atoms with E-state index in [0.717, 1.165) is 12.1 Å². The molecular formula is C13H16F3NO2S. The van der Waals surface area contributed by atoms with Crippen LogP contribution in [0.5, 0.6) is 5.75 Å². The van der Waals surface area contributed by atoms with Crippen molar-refractivity contribution in [3.8, 4) is 5.75 Å². The summed E-state index contributed by atoms with van der Waals surface area (Å²) in [6, 6.07) is 5.03. The van der Waals surface area contributed by atoms with Gasteiger partial charge in [0, 0.05) is 10.4 Å². The number of hydrogen-bond acceptors (Lipinski definition) is 3. The summed E-state index contributed by atoms with van der Waals surface area (Å²) in [6.45, 7) is 5.98. The van der Waals surface area contributed by atoms with Crippen LogP contribution in [0.15, 0.2) is 24.3 Å². The van der Waals surface area contributed by atoms with Gasteiger partial charge in [-0.15, -0.1) is 24.9 Å². The minimum Gasteiger partial charge on any atom is -0.406 e. The summed E-state index contributed by atoms with van der Waals surface area (Å²) in [7, 11) is 0. The van der Waals surface area contributed by atoms with Crippen LogP contribution in [0.4, 0.5) is 18.9 Å². The summed E-state index contributed by atoms with van der Waals surface area (Å²) in [5.74, 6) is -0.237. The summed E-state index contributed by atoms with van der Waals surface area (Å²) in [5, 5.41) is 2.61. The molecule has 0 radical (unpaired) electrons. The number of thioether (sulfide) groups is 1. The summed E-state index contributed by atoms with van der Waals surface area (Å²) in [4.78, 5) is 11.6. The molecule has 112 valence electrons. The van der Waals surface area contributed by atoms with Crippen LogP contribution >= 0.6 is 11.8 Å². The Labute approximate surface area is 119 Å². The molecule has 1 N–H and O–H groups in total. The highest BCUT2D eigenvalue weighted by molar-refractivity contribution is 8.01. The predicted octanol–water partition coefficient (Wildman–Crippen LogP) is 4.06. The van der Waals surface area contributed by atoms with Gasteiger partial charge in [0.1, 0.15) is 5.75 Å². The Morgan fingerprint density at radius 1 is 1.20 bits per heavy atom. The smallest absolute Gasteiger partial charge is 0.406 e. The molecule has 0 fully saturated rings. The molecule has 3 nitrogen and oxygen atoms in total. The number of anilines is 1. The van der Waals surface area contributed by atoms with E-state index in [9.17, 15) is 18.0 Å². The Morgan fingerprint density at radius 2 is 1.75 bits per heavy atom. The second-order valence-electron chi connectivity index (χ2n) is 5.02. The highest BCUT2D eigenvalue weighted by atomic mass is 32.2.